The molecule has 2 aromatic carbocycles. The minimum atomic E-state index is 0.0202. The molecule has 0 aliphatic carbocycles. The first-order chi connectivity index (χ1) is 14.1. The molecular weight excluding hydrogens is 418 g/mol. The van der Waals surface area contributed by atoms with Crippen LogP contribution in [0, 0.1) is 0 Å². The summed E-state index contributed by atoms with van der Waals surface area (Å²) in [5.41, 5.74) is 1.72. The van der Waals surface area contributed by atoms with Gasteiger partial charge in [-0.1, -0.05) is 43.4 Å². The molecule has 0 saturated heterocycles. The number of hydrogen-bond acceptors (Lipinski definition) is 6. The van der Waals surface area contributed by atoms with Crippen LogP contribution in [0.3, 0.4) is 0 Å². The molecule has 0 fully saturated rings. The Morgan fingerprint density at radius 3 is 2.34 bits per heavy atom. The molecule has 0 bridgehead atoms. The van der Waals surface area contributed by atoms with Crippen LogP contribution in [-0.4, -0.2) is 54.5 Å². The Balaban J connectivity index is 2.02. The van der Waals surface area contributed by atoms with Gasteiger partial charge in [0.15, 0.2) is 5.13 Å². The Morgan fingerprint density at radius 2 is 1.66 bits per heavy atom. The van der Waals surface area contributed by atoms with Crippen LogP contribution < -0.4 is 4.90 Å². The smallest absolute Gasteiger partial charge is 0.261 e. The normalized spacial score (nSPS) is 11.3. The van der Waals surface area contributed by atoms with E-state index in [1.807, 2.05) is 35.4 Å². The fourth-order valence-electron chi connectivity index (χ4n) is 3.22. The number of benzene rings is 2. The first-order valence-corrected chi connectivity index (χ1v) is 13.0. The molecule has 1 amide bonds. The van der Waals surface area contributed by atoms with Gasteiger partial charge in [-0.15, -0.1) is 23.5 Å². The number of nitrogens with zero attached hydrogens (tertiary/aromatic N) is 3. The van der Waals surface area contributed by atoms with Crippen LogP contribution in [0.4, 0.5) is 5.13 Å². The maximum Gasteiger partial charge on any atom is 0.261 e. The molecule has 4 nitrogen and oxygen atoms in total. The highest BCUT2D eigenvalue weighted by atomic mass is 32.2. The molecule has 3 rings (SSSR count). The van der Waals surface area contributed by atoms with E-state index in [1.165, 1.54) is 0 Å². The molecular formula is C22H27N3OS3. The Kier molecular flexibility index (Phi) is 8.00. The maximum atomic E-state index is 13.6. The maximum absolute atomic E-state index is 13.6. The molecule has 154 valence electrons. The zero-order valence-corrected chi connectivity index (χ0v) is 19.8. The summed E-state index contributed by atoms with van der Waals surface area (Å²) in [6.45, 7) is 7.69. The largest absolute Gasteiger partial charge is 0.302 e. The molecule has 1 heterocycles. The Labute approximate surface area is 185 Å². The van der Waals surface area contributed by atoms with Crippen LogP contribution in [0.1, 0.15) is 24.2 Å². The van der Waals surface area contributed by atoms with Gasteiger partial charge in [-0.25, -0.2) is 4.98 Å². The van der Waals surface area contributed by atoms with E-state index in [9.17, 15) is 4.79 Å². The van der Waals surface area contributed by atoms with Gasteiger partial charge < -0.3 is 4.90 Å². The van der Waals surface area contributed by atoms with Crippen molar-refractivity contribution in [1.29, 1.82) is 0 Å². The molecule has 0 saturated carbocycles. The highest BCUT2D eigenvalue weighted by Gasteiger charge is 2.24. The second kappa shape index (κ2) is 10.5. The Bertz CT molecular complexity index is 969. The van der Waals surface area contributed by atoms with Crippen molar-refractivity contribution >= 4 is 56.1 Å². The molecule has 29 heavy (non-hydrogen) atoms. The van der Waals surface area contributed by atoms with Gasteiger partial charge in [0.05, 0.1) is 15.8 Å². The number of carbonyl (C=O) groups excluding carboxylic acids is 1. The quantitative estimate of drug-likeness (QED) is 0.393. The lowest BCUT2D eigenvalue weighted by atomic mass is 10.2. The second-order valence-corrected chi connectivity index (χ2v) is 9.19. The van der Waals surface area contributed by atoms with Gasteiger partial charge in [0.2, 0.25) is 0 Å². The van der Waals surface area contributed by atoms with Crippen molar-refractivity contribution in [2.75, 3.05) is 43.6 Å². The topological polar surface area (TPSA) is 36.4 Å². The molecule has 7 heteroatoms. The van der Waals surface area contributed by atoms with Gasteiger partial charge in [-0.2, -0.15) is 0 Å². The predicted molar refractivity (Wildman–Crippen MR) is 129 cm³/mol. The lowest BCUT2D eigenvalue weighted by molar-refractivity contribution is 0.0981. The van der Waals surface area contributed by atoms with E-state index in [2.05, 4.69) is 43.2 Å². The van der Waals surface area contributed by atoms with Crippen LogP contribution in [0.2, 0.25) is 0 Å². The Hall–Kier alpha value is -1.54. The lowest BCUT2D eigenvalue weighted by Crippen LogP contribution is -2.39. The molecule has 0 N–H and O–H groups in total. The summed E-state index contributed by atoms with van der Waals surface area (Å²) in [5, 5.41) is 0.773. The second-order valence-electron chi connectivity index (χ2n) is 6.49. The van der Waals surface area contributed by atoms with E-state index in [0.29, 0.717) is 6.54 Å². The minimum Gasteiger partial charge on any atom is -0.302 e. The predicted octanol–water partition coefficient (Wildman–Crippen LogP) is 5.73. The van der Waals surface area contributed by atoms with E-state index < -0.39 is 0 Å². The van der Waals surface area contributed by atoms with Gasteiger partial charge >= 0.3 is 0 Å². The van der Waals surface area contributed by atoms with Crippen molar-refractivity contribution in [3.05, 3.63) is 48.0 Å². The fourth-order valence-corrected chi connectivity index (χ4v) is 5.46. The van der Waals surface area contributed by atoms with E-state index >= 15 is 0 Å². The average Bonchev–Trinajstić information content (AvgIpc) is 3.20. The highest BCUT2D eigenvalue weighted by Crippen LogP contribution is 2.35. The summed E-state index contributed by atoms with van der Waals surface area (Å²) >= 11 is 4.88. The summed E-state index contributed by atoms with van der Waals surface area (Å²) in [6, 6.07) is 14.1. The summed E-state index contributed by atoms with van der Waals surface area (Å²) in [4.78, 5) is 24.8. The van der Waals surface area contributed by atoms with Gasteiger partial charge in [0.25, 0.3) is 5.91 Å². The molecule has 0 atom stereocenters. The molecule has 3 aromatic rings. The monoisotopic (exact) mass is 445 g/mol. The van der Waals surface area contributed by atoms with Crippen LogP contribution in [-0.2, 0) is 0 Å². The molecule has 0 radical (unpaired) electrons. The summed E-state index contributed by atoms with van der Waals surface area (Å²) in [7, 11) is 0. The van der Waals surface area contributed by atoms with Crippen molar-refractivity contribution in [1.82, 2.24) is 9.88 Å². The molecule has 1 aromatic heterocycles. The molecule has 0 aliphatic rings. The summed E-state index contributed by atoms with van der Waals surface area (Å²) < 4.78 is 1.12. The van der Waals surface area contributed by atoms with Crippen molar-refractivity contribution in [3.8, 4) is 0 Å². The van der Waals surface area contributed by atoms with E-state index in [4.69, 9.17) is 4.98 Å². The third kappa shape index (κ3) is 4.97. The highest BCUT2D eigenvalue weighted by molar-refractivity contribution is 7.99. The summed E-state index contributed by atoms with van der Waals surface area (Å²) in [5.74, 6) is 0.0202. The number of thioether (sulfide) groups is 2. The standard InChI is InChI=1S/C22H27N3OS3/c1-5-24(6-2)14-15-25(21(26)16-10-7-8-11-17(16)27-3)22-23-20-18(28-4)12-9-13-19(20)29-22/h7-13H,5-6,14-15H2,1-4H3. The SMILES string of the molecule is CCN(CC)CCN(C(=O)c1ccccc1SC)c1nc2c(SC)cccc2s1. The average molecular weight is 446 g/mol. The number of hydrogen-bond donors (Lipinski definition) is 0. The lowest BCUT2D eigenvalue weighted by Gasteiger charge is -2.25. The zero-order valence-electron chi connectivity index (χ0n) is 17.3. The molecule has 0 aliphatic heterocycles. The van der Waals surface area contributed by atoms with Crippen molar-refractivity contribution < 1.29 is 4.79 Å². The van der Waals surface area contributed by atoms with Crippen molar-refractivity contribution in [2.24, 2.45) is 0 Å². The van der Waals surface area contributed by atoms with Crippen LogP contribution in [0.25, 0.3) is 10.2 Å². The molecule has 0 unspecified atom stereocenters. The first kappa shape index (κ1) is 22.2. The van der Waals surface area contributed by atoms with E-state index in [-0.39, 0.29) is 5.91 Å². The van der Waals surface area contributed by atoms with Crippen LogP contribution in [0.15, 0.2) is 52.3 Å². The number of rotatable bonds is 9. The number of amides is 1. The van der Waals surface area contributed by atoms with Gasteiger partial charge in [-0.05, 0) is 49.9 Å². The van der Waals surface area contributed by atoms with Crippen LogP contribution >= 0.6 is 34.9 Å². The Morgan fingerprint density at radius 1 is 0.966 bits per heavy atom. The third-order valence-corrected chi connectivity index (χ3v) is 7.55. The zero-order chi connectivity index (χ0) is 20.8. The van der Waals surface area contributed by atoms with Crippen molar-refractivity contribution in [3.63, 3.8) is 0 Å². The van der Waals surface area contributed by atoms with Gasteiger partial charge in [0, 0.05) is 22.9 Å². The van der Waals surface area contributed by atoms with Gasteiger partial charge in [0.1, 0.15) is 0 Å². The third-order valence-electron chi connectivity index (χ3n) is 4.94. The van der Waals surface area contributed by atoms with Gasteiger partial charge in [-0.3, -0.25) is 9.69 Å². The fraction of sp³-hybridized carbons (Fsp3) is 0.364. The van der Waals surface area contributed by atoms with Crippen molar-refractivity contribution in [2.45, 2.75) is 23.6 Å². The summed E-state index contributed by atoms with van der Waals surface area (Å²) in [6.07, 6.45) is 4.07. The molecule has 0 spiro atoms. The first-order valence-electron chi connectivity index (χ1n) is 9.73. The van der Waals surface area contributed by atoms with E-state index in [1.54, 1.807) is 34.9 Å². The minimum absolute atomic E-state index is 0.0202. The number of carbonyl (C=O) groups is 1. The number of anilines is 1. The number of fused-ring (bicyclic) bond motifs is 1. The number of likely N-dealkylation sites (N-methyl/N-ethyl adjacent to an activating group) is 1. The van der Waals surface area contributed by atoms with Crippen LogP contribution in [0.5, 0.6) is 0 Å². The number of aromatic nitrogens is 1. The number of para-hydroxylation sites is 1. The number of thiazole rings is 1. The van der Waals surface area contributed by atoms with E-state index in [0.717, 1.165) is 50.3 Å².